The van der Waals surface area contributed by atoms with Crippen molar-refractivity contribution in [1.29, 1.82) is 0 Å². The molecule has 0 atom stereocenters. The summed E-state index contributed by atoms with van der Waals surface area (Å²) < 4.78 is 33.1. The molecule has 0 aromatic heterocycles. The molecule has 0 spiro atoms. The van der Waals surface area contributed by atoms with E-state index in [1.165, 1.54) is 0 Å². The van der Waals surface area contributed by atoms with E-state index in [1.807, 2.05) is 0 Å². The number of hydrogen-bond acceptors (Lipinski definition) is 3. The third-order valence-corrected chi connectivity index (χ3v) is 0. The van der Waals surface area contributed by atoms with Crippen molar-refractivity contribution in [2.75, 3.05) is 0 Å². The van der Waals surface area contributed by atoms with Crippen LogP contribution in [0.3, 0.4) is 0 Å². The molecule has 6 heteroatoms. The Morgan fingerprint density at radius 2 is 1.17 bits per heavy atom. The van der Waals surface area contributed by atoms with E-state index < -0.39 is 13.0 Å². The van der Waals surface area contributed by atoms with Gasteiger partial charge in [0.2, 0.25) is 0 Å². The van der Waals surface area contributed by atoms with Crippen molar-refractivity contribution in [3.63, 3.8) is 0 Å². The fourth-order valence-corrected chi connectivity index (χ4v) is 0. The smallest absolute Gasteiger partial charge is 0 e. The molecule has 0 aromatic rings. The quantitative estimate of drug-likeness (QED) is 0.474. The van der Waals surface area contributed by atoms with Gasteiger partial charge in [-0.2, -0.15) is 0 Å². The standard InChI is InChI=1S/Mn.H2O.3O.Ti/h;1H2;;;;/q+1;;;;;/p-1. The van der Waals surface area contributed by atoms with Crippen molar-refractivity contribution in [2.45, 2.75) is 0 Å². The second-order valence-corrected chi connectivity index (χ2v) is 1.63. The van der Waals surface area contributed by atoms with Gasteiger partial charge in [0.25, 0.3) is 0 Å². The van der Waals surface area contributed by atoms with Crippen LogP contribution >= 0.6 is 0 Å². The monoisotopic (exact) mass is 168 g/mol. The molecule has 0 aliphatic carbocycles. The number of rotatable bonds is 0. The Hall–Kier alpha value is 0.594. The molecule has 6 heavy (non-hydrogen) atoms. The zero-order chi connectivity index (χ0) is 4.50. The van der Waals surface area contributed by atoms with Crippen molar-refractivity contribution in [1.82, 2.24) is 0 Å². The first kappa shape index (κ1) is 9.78. The number of hydrogen-bond donors (Lipinski definition) is 1. The molecule has 0 saturated heterocycles. The second-order valence-electron chi connectivity index (χ2n) is 0.396. The molecule has 0 aliphatic rings. The summed E-state index contributed by atoms with van der Waals surface area (Å²) in [5.41, 5.74) is 0. The molecule has 0 radical (unpaired) electrons. The zero-order valence-corrected chi connectivity index (χ0v) is 5.29. The van der Waals surface area contributed by atoms with E-state index >= 15 is 0 Å². The van der Waals surface area contributed by atoms with Gasteiger partial charge in [0, 0.05) is 21.7 Å². The average Bonchev–Trinajstić information content (AvgIpc) is 0.722. The molecular formula is HMnO4Ti. The van der Waals surface area contributed by atoms with E-state index in [0.717, 1.165) is 0 Å². The molecule has 36 valence electrons. The molecule has 0 fully saturated rings. The van der Waals surface area contributed by atoms with Crippen LogP contribution in [0.5, 0.6) is 0 Å². The summed E-state index contributed by atoms with van der Waals surface area (Å²) >= 11 is -5.38. The maximum atomic E-state index is 8.69. The van der Waals surface area contributed by atoms with Crippen LogP contribution in [0.1, 0.15) is 0 Å². The van der Waals surface area contributed by atoms with E-state index in [9.17, 15) is 0 Å². The molecule has 0 rings (SSSR count). The minimum Gasteiger partial charge on any atom is 0 e. The third kappa shape index (κ3) is 168. The van der Waals surface area contributed by atoms with Crippen LogP contribution in [0, 0.1) is 0 Å². The van der Waals surface area contributed by atoms with Gasteiger partial charge in [0.05, 0.1) is 0 Å². The summed E-state index contributed by atoms with van der Waals surface area (Å²) in [7, 11) is 0. The van der Waals surface area contributed by atoms with Gasteiger partial charge in [-0.3, -0.25) is 0 Å². The van der Waals surface area contributed by atoms with Crippen LogP contribution < -0.4 is 0 Å². The van der Waals surface area contributed by atoms with Crippen LogP contribution in [0.25, 0.3) is 0 Å². The summed E-state index contributed by atoms with van der Waals surface area (Å²) in [6.45, 7) is 0. The molecule has 0 aromatic carbocycles. The first-order chi connectivity index (χ1) is 2.00. The molecule has 0 saturated carbocycles. The van der Waals surface area contributed by atoms with E-state index in [-0.39, 0.29) is 21.7 Å². The van der Waals surface area contributed by atoms with Crippen LogP contribution in [0.2, 0.25) is 0 Å². The van der Waals surface area contributed by atoms with Crippen LogP contribution in [0.15, 0.2) is 0 Å². The molecule has 4 nitrogen and oxygen atoms in total. The normalized spacial score (nSPS) is 9.50. The minimum atomic E-state index is -5.38. The minimum absolute atomic E-state index is 0. The van der Waals surface area contributed by atoms with Crippen molar-refractivity contribution < 1.29 is 50.4 Å². The molecule has 0 aliphatic heterocycles. The first-order valence-corrected chi connectivity index (χ1v) is 2.61. The first-order valence-electron chi connectivity index (χ1n) is 0.632. The predicted molar refractivity (Wildman–Crippen MR) is 4.28 cm³/mol. The molecular weight excluding hydrogens is 167 g/mol. The Labute approximate surface area is 50.6 Å². The Bertz CT molecular complexity index is 129. The van der Waals surface area contributed by atoms with Crippen molar-refractivity contribution in [3.05, 3.63) is 0 Å². The summed E-state index contributed by atoms with van der Waals surface area (Å²) in [5, 5.41) is 0. The van der Waals surface area contributed by atoms with Crippen LogP contribution in [0.4, 0.5) is 0 Å². The van der Waals surface area contributed by atoms with E-state index in [4.69, 9.17) is 15.7 Å². The zero-order valence-electron chi connectivity index (χ0n) is 2.55. The third-order valence-electron chi connectivity index (χ3n) is 0. The Morgan fingerprint density at radius 3 is 1.17 bits per heavy atom. The Balaban J connectivity index is 0. The summed E-state index contributed by atoms with van der Waals surface area (Å²) in [4.78, 5) is 0. The van der Waals surface area contributed by atoms with Gasteiger partial charge >= 0.3 is 28.7 Å². The fraction of sp³-hybridized carbons (Fsp3) is 0. The van der Waals surface area contributed by atoms with Gasteiger partial charge in [0.15, 0.2) is 0 Å². The maximum absolute atomic E-state index is 8.69. The van der Waals surface area contributed by atoms with Crippen molar-refractivity contribution in [3.8, 4) is 0 Å². The molecule has 1 N–H and O–H groups in total. The summed E-state index contributed by atoms with van der Waals surface area (Å²) in [6, 6.07) is 0. The van der Waals surface area contributed by atoms with E-state index in [0.29, 0.717) is 0 Å². The largest absolute Gasteiger partial charge is 0 e. The molecule has 0 amide bonds. The molecule has 0 heterocycles. The van der Waals surface area contributed by atoms with E-state index in [2.05, 4.69) is 0 Å². The van der Waals surface area contributed by atoms with Gasteiger partial charge in [-0.05, 0) is 0 Å². The Morgan fingerprint density at radius 1 is 1.17 bits per heavy atom. The fourth-order valence-electron chi connectivity index (χ4n) is 0. The van der Waals surface area contributed by atoms with Gasteiger partial charge in [-0.25, -0.2) is 0 Å². The van der Waals surface area contributed by atoms with Crippen molar-refractivity contribution >= 4 is 0 Å². The van der Waals surface area contributed by atoms with Gasteiger partial charge in [-0.1, -0.05) is 0 Å². The average molecular weight is 168 g/mol. The predicted octanol–water partition coefficient (Wildman–Crippen LogP) is -0.918. The molecule has 0 unspecified atom stereocenters. The maximum Gasteiger partial charge on any atom is 0 e. The van der Waals surface area contributed by atoms with Crippen LogP contribution in [-0.4, -0.2) is 4.19 Å². The topological polar surface area (TPSA) is 71.4 Å². The molecule has 0 bridgehead atoms. The Kier molecular flexibility index (Phi) is 4.42. The van der Waals surface area contributed by atoms with Gasteiger partial charge < -0.3 is 0 Å². The van der Waals surface area contributed by atoms with Gasteiger partial charge in [0.1, 0.15) is 0 Å². The SMILES string of the molecule is [O]=[Mn](=[O])(=[O])[OH].[Ti]. The van der Waals surface area contributed by atoms with Crippen LogP contribution in [-0.2, 0) is 46.2 Å². The van der Waals surface area contributed by atoms with Gasteiger partial charge in [-0.15, -0.1) is 0 Å². The van der Waals surface area contributed by atoms with Crippen molar-refractivity contribution in [2.24, 2.45) is 0 Å². The van der Waals surface area contributed by atoms with E-state index in [1.54, 1.807) is 0 Å². The summed E-state index contributed by atoms with van der Waals surface area (Å²) in [5.74, 6) is 0. The summed E-state index contributed by atoms with van der Waals surface area (Å²) in [6.07, 6.45) is 0. The second kappa shape index (κ2) is 2.72.